The van der Waals surface area contributed by atoms with Gasteiger partial charge in [0, 0.05) is 48.8 Å². The maximum Gasteiger partial charge on any atom is 0.261 e. The number of carbonyl (C=O) groups is 2. The minimum atomic E-state index is -0.338. The number of nitrogens with zero attached hydrogens (tertiary/aromatic N) is 1. The van der Waals surface area contributed by atoms with Crippen LogP contribution in [0.4, 0.5) is 4.39 Å². The van der Waals surface area contributed by atoms with Crippen LogP contribution in [-0.4, -0.2) is 43.5 Å². The van der Waals surface area contributed by atoms with E-state index in [1.165, 1.54) is 24.5 Å². The molecular formula is C20H25FN2O3S. The second-order valence-corrected chi connectivity index (χ2v) is 7.81. The summed E-state index contributed by atoms with van der Waals surface area (Å²) in [5.41, 5.74) is 0.593. The summed E-state index contributed by atoms with van der Waals surface area (Å²) in [6.45, 7) is 2.13. The predicted molar refractivity (Wildman–Crippen MR) is 104 cm³/mol. The fraction of sp³-hybridized carbons (Fsp3) is 0.500. The van der Waals surface area contributed by atoms with Gasteiger partial charge < -0.3 is 15.0 Å². The van der Waals surface area contributed by atoms with Crippen LogP contribution in [0.1, 0.15) is 47.3 Å². The molecule has 1 aliphatic heterocycles. The summed E-state index contributed by atoms with van der Waals surface area (Å²) in [6.07, 6.45) is 4.45. The Morgan fingerprint density at radius 2 is 2.19 bits per heavy atom. The van der Waals surface area contributed by atoms with Gasteiger partial charge in [0.2, 0.25) is 5.91 Å². The Morgan fingerprint density at radius 3 is 3.00 bits per heavy atom. The monoisotopic (exact) mass is 392 g/mol. The molecule has 0 saturated carbocycles. The van der Waals surface area contributed by atoms with Gasteiger partial charge in [-0.25, -0.2) is 4.39 Å². The lowest BCUT2D eigenvalue weighted by Crippen LogP contribution is -2.34. The molecule has 146 valence electrons. The minimum Gasteiger partial charge on any atom is -0.380 e. The lowest BCUT2D eigenvalue weighted by molar-refractivity contribution is -0.130. The quantitative estimate of drug-likeness (QED) is 0.731. The average Bonchev–Trinajstić information content (AvgIpc) is 2.90. The third kappa shape index (κ3) is 4.65. The third-order valence-electron chi connectivity index (χ3n) is 4.82. The van der Waals surface area contributed by atoms with Gasteiger partial charge in [0.25, 0.3) is 5.91 Å². The first-order chi connectivity index (χ1) is 13.1. The number of carbonyl (C=O) groups excluding carboxylic acids is 2. The van der Waals surface area contributed by atoms with Gasteiger partial charge in [-0.15, -0.1) is 11.3 Å². The molecule has 2 heterocycles. The molecule has 0 atom stereocenters. The summed E-state index contributed by atoms with van der Waals surface area (Å²) in [4.78, 5) is 27.0. The van der Waals surface area contributed by atoms with E-state index in [0.29, 0.717) is 41.8 Å². The van der Waals surface area contributed by atoms with Crippen LogP contribution in [-0.2, 0) is 16.1 Å². The van der Waals surface area contributed by atoms with Crippen molar-refractivity contribution in [1.82, 2.24) is 10.2 Å². The lowest BCUT2D eigenvalue weighted by Gasteiger charge is -2.20. The Balaban J connectivity index is 1.62. The largest absolute Gasteiger partial charge is 0.380 e. The minimum absolute atomic E-state index is 0.186. The summed E-state index contributed by atoms with van der Waals surface area (Å²) in [5.74, 6) is -0.347. The van der Waals surface area contributed by atoms with Crippen molar-refractivity contribution < 1.29 is 18.7 Å². The first kappa shape index (κ1) is 19.8. The number of thiophene rings is 1. The van der Waals surface area contributed by atoms with Crippen molar-refractivity contribution in [2.75, 3.05) is 26.7 Å². The average molecular weight is 392 g/mol. The SMILES string of the molecule is COCc1c(C(=O)NCCCN2CCCCCC2=O)sc2cccc(F)c12. The molecule has 1 N–H and O–H groups in total. The highest BCUT2D eigenvalue weighted by Crippen LogP contribution is 2.33. The summed E-state index contributed by atoms with van der Waals surface area (Å²) in [7, 11) is 1.53. The number of fused-ring (bicyclic) bond motifs is 1. The molecule has 1 saturated heterocycles. The topological polar surface area (TPSA) is 58.6 Å². The second kappa shape index (κ2) is 9.28. The van der Waals surface area contributed by atoms with Crippen molar-refractivity contribution in [3.05, 3.63) is 34.5 Å². The van der Waals surface area contributed by atoms with E-state index in [1.807, 2.05) is 11.0 Å². The summed E-state index contributed by atoms with van der Waals surface area (Å²) >= 11 is 1.28. The first-order valence-electron chi connectivity index (χ1n) is 9.36. The molecule has 0 radical (unpaired) electrons. The number of rotatable bonds is 7. The maximum absolute atomic E-state index is 14.2. The molecule has 5 nitrogen and oxygen atoms in total. The molecule has 7 heteroatoms. The fourth-order valence-corrected chi connectivity index (χ4v) is 4.60. The van der Waals surface area contributed by atoms with Gasteiger partial charge in [0.15, 0.2) is 0 Å². The van der Waals surface area contributed by atoms with E-state index >= 15 is 0 Å². The number of benzene rings is 1. The van der Waals surface area contributed by atoms with Crippen LogP contribution < -0.4 is 5.32 Å². The fourth-order valence-electron chi connectivity index (χ4n) is 3.46. The molecule has 0 bridgehead atoms. The zero-order valence-electron chi connectivity index (χ0n) is 15.6. The van der Waals surface area contributed by atoms with E-state index in [0.717, 1.165) is 30.5 Å². The zero-order valence-corrected chi connectivity index (χ0v) is 16.4. The molecule has 27 heavy (non-hydrogen) atoms. The molecule has 3 rings (SSSR count). The van der Waals surface area contributed by atoms with Gasteiger partial charge in [-0.2, -0.15) is 0 Å². The van der Waals surface area contributed by atoms with Gasteiger partial charge in [-0.05, 0) is 31.4 Å². The predicted octanol–water partition coefficient (Wildman–Crippen LogP) is 3.71. The summed E-state index contributed by atoms with van der Waals surface area (Å²) < 4.78 is 20.1. The van der Waals surface area contributed by atoms with Crippen LogP contribution in [0.5, 0.6) is 0 Å². The second-order valence-electron chi connectivity index (χ2n) is 6.76. The standard InChI is InChI=1S/C20H25FN2O3S/c1-26-13-14-18-15(21)7-5-8-16(18)27-19(14)20(25)22-10-6-12-23-11-4-2-3-9-17(23)24/h5,7-8H,2-4,6,9-13H2,1H3,(H,22,25). The van der Waals surface area contributed by atoms with Crippen LogP contribution in [0, 0.1) is 5.82 Å². The van der Waals surface area contributed by atoms with Crippen LogP contribution in [0.25, 0.3) is 10.1 Å². The van der Waals surface area contributed by atoms with Crippen molar-refractivity contribution in [3.63, 3.8) is 0 Å². The number of likely N-dealkylation sites (tertiary alicyclic amines) is 1. The highest BCUT2D eigenvalue weighted by Gasteiger charge is 2.21. The van der Waals surface area contributed by atoms with Crippen molar-refractivity contribution in [2.45, 2.75) is 38.7 Å². The van der Waals surface area contributed by atoms with Gasteiger partial charge in [-0.1, -0.05) is 12.5 Å². The summed E-state index contributed by atoms with van der Waals surface area (Å²) in [5, 5.41) is 3.37. The molecule has 0 unspecified atom stereocenters. The number of amides is 2. The molecule has 1 aromatic heterocycles. The van der Waals surface area contributed by atoms with Gasteiger partial charge >= 0.3 is 0 Å². The third-order valence-corrected chi connectivity index (χ3v) is 6.02. The Bertz CT molecular complexity index is 821. The van der Waals surface area contributed by atoms with E-state index in [2.05, 4.69) is 5.32 Å². The van der Waals surface area contributed by atoms with E-state index < -0.39 is 0 Å². The molecular weight excluding hydrogens is 367 g/mol. The van der Waals surface area contributed by atoms with Crippen LogP contribution >= 0.6 is 11.3 Å². The molecule has 1 aromatic carbocycles. The number of halogens is 1. The van der Waals surface area contributed by atoms with Crippen molar-refractivity contribution >= 4 is 33.2 Å². The molecule has 2 amide bonds. The Morgan fingerprint density at radius 1 is 1.33 bits per heavy atom. The molecule has 1 fully saturated rings. The van der Waals surface area contributed by atoms with Crippen molar-refractivity contribution in [3.8, 4) is 0 Å². The van der Waals surface area contributed by atoms with Crippen LogP contribution in [0.3, 0.4) is 0 Å². The molecule has 0 spiro atoms. The van der Waals surface area contributed by atoms with Crippen molar-refractivity contribution in [1.29, 1.82) is 0 Å². The molecule has 0 aliphatic carbocycles. The van der Waals surface area contributed by atoms with Crippen LogP contribution in [0.15, 0.2) is 18.2 Å². The number of hydrogen-bond acceptors (Lipinski definition) is 4. The zero-order chi connectivity index (χ0) is 19.2. The number of nitrogens with one attached hydrogen (secondary N) is 1. The first-order valence-corrected chi connectivity index (χ1v) is 10.2. The highest BCUT2D eigenvalue weighted by molar-refractivity contribution is 7.21. The smallest absolute Gasteiger partial charge is 0.261 e. The van der Waals surface area contributed by atoms with Gasteiger partial charge in [0.05, 0.1) is 11.5 Å². The maximum atomic E-state index is 14.2. The van der Waals surface area contributed by atoms with E-state index in [-0.39, 0.29) is 24.2 Å². The van der Waals surface area contributed by atoms with Gasteiger partial charge in [-0.3, -0.25) is 9.59 Å². The van der Waals surface area contributed by atoms with Gasteiger partial charge in [0.1, 0.15) is 5.82 Å². The van der Waals surface area contributed by atoms with Crippen molar-refractivity contribution in [2.24, 2.45) is 0 Å². The van der Waals surface area contributed by atoms with E-state index in [9.17, 15) is 14.0 Å². The number of methoxy groups -OCH3 is 1. The Labute approximate surface area is 162 Å². The normalized spacial score (nSPS) is 15.2. The van der Waals surface area contributed by atoms with E-state index in [1.54, 1.807) is 6.07 Å². The lowest BCUT2D eigenvalue weighted by atomic mass is 10.1. The number of ether oxygens (including phenoxy) is 1. The Kier molecular flexibility index (Phi) is 6.79. The Hall–Kier alpha value is -1.99. The number of hydrogen-bond donors (Lipinski definition) is 1. The van der Waals surface area contributed by atoms with E-state index in [4.69, 9.17) is 4.74 Å². The molecule has 1 aliphatic rings. The molecule has 2 aromatic rings. The summed E-state index contributed by atoms with van der Waals surface area (Å²) in [6, 6.07) is 4.85. The van der Waals surface area contributed by atoms with Crippen LogP contribution in [0.2, 0.25) is 0 Å². The highest BCUT2D eigenvalue weighted by atomic mass is 32.1.